The monoisotopic (exact) mass is 380 g/mol. The summed E-state index contributed by atoms with van der Waals surface area (Å²) in [5.74, 6) is 0.607. The zero-order valence-electron chi connectivity index (χ0n) is 11.7. The molecule has 114 valence electrons. The summed E-state index contributed by atoms with van der Waals surface area (Å²) >= 11 is 9.18. The third-order valence-corrected chi connectivity index (χ3v) is 4.01. The molecule has 1 aliphatic rings. The lowest BCUT2D eigenvalue weighted by Gasteiger charge is -2.09. The van der Waals surface area contributed by atoms with E-state index < -0.39 is 0 Å². The van der Waals surface area contributed by atoms with E-state index >= 15 is 0 Å². The number of benzene rings is 1. The van der Waals surface area contributed by atoms with Crippen LogP contribution in [0.5, 0.6) is 0 Å². The van der Waals surface area contributed by atoms with Crippen molar-refractivity contribution in [1.82, 2.24) is 9.97 Å². The standard InChI is InChI=1S/C15H14BrClN4O/c16-14-7-13(22-21-14)11-8-19-15(20-9-11)18-6-5-10-1-3-12(17)4-2-10/h1-4,8-9,13H,5-7H2,(H,18,19,20). The van der Waals surface area contributed by atoms with Gasteiger partial charge in [0, 0.05) is 35.9 Å². The normalized spacial score (nSPS) is 17.0. The van der Waals surface area contributed by atoms with Crippen molar-refractivity contribution in [2.45, 2.75) is 18.9 Å². The van der Waals surface area contributed by atoms with E-state index in [2.05, 4.69) is 36.4 Å². The van der Waals surface area contributed by atoms with E-state index in [1.807, 2.05) is 24.3 Å². The minimum Gasteiger partial charge on any atom is -0.386 e. The van der Waals surface area contributed by atoms with Gasteiger partial charge < -0.3 is 10.2 Å². The molecule has 7 heteroatoms. The van der Waals surface area contributed by atoms with Crippen molar-refractivity contribution in [2.24, 2.45) is 5.16 Å². The molecule has 0 aliphatic carbocycles. The molecule has 1 aromatic carbocycles. The number of aromatic nitrogens is 2. The molecule has 1 N–H and O–H groups in total. The van der Waals surface area contributed by atoms with Gasteiger partial charge in [-0.3, -0.25) is 0 Å². The third kappa shape index (κ3) is 3.96. The van der Waals surface area contributed by atoms with Crippen molar-refractivity contribution < 1.29 is 4.84 Å². The summed E-state index contributed by atoms with van der Waals surface area (Å²) in [7, 11) is 0. The van der Waals surface area contributed by atoms with Gasteiger partial charge in [0.25, 0.3) is 0 Å². The maximum atomic E-state index is 5.86. The van der Waals surface area contributed by atoms with Gasteiger partial charge in [-0.25, -0.2) is 9.97 Å². The minimum absolute atomic E-state index is 0.0995. The van der Waals surface area contributed by atoms with Crippen molar-refractivity contribution in [1.29, 1.82) is 0 Å². The van der Waals surface area contributed by atoms with Crippen LogP contribution in [0.25, 0.3) is 0 Å². The zero-order valence-corrected chi connectivity index (χ0v) is 14.0. The molecule has 2 aromatic rings. The molecule has 3 rings (SSSR count). The molecule has 0 amide bonds. The molecule has 1 atom stereocenters. The second-order valence-electron chi connectivity index (χ2n) is 4.91. The smallest absolute Gasteiger partial charge is 0.222 e. The van der Waals surface area contributed by atoms with Crippen LogP contribution in [-0.4, -0.2) is 21.1 Å². The van der Waals surface area contributed by atoms with Crippen LogP contribution in [0.1, 0.15) is 23.7 Å². The summed E-state index contributed by atoms with van der Waals surface area (Å²) in [5.41, 5.74) is 2.14. The van der Waals surface area contributed by atoms with Gasteiger partial charge in [0.15, 0.2) is 6.10 Å². The fourth-order valence-electron chi connectivity index (χ4n) is 2.09. The Labute approximate surface area is 141 Å². The first-order chi connectivity index (χ1) is 10.7. The van der Waals surface area contributed by atoms with E-state index in [0.29, 0.717) is 12.4 Å². The van der Waals surface area contributed by atoms with Crippen LogP contribution in [0.3, 0.4) is 0 Å². The van der Waals surface area contributed by atoms with Gasteiger partial charge in [-0.05, 0) is 40.0 Å². The van der Waals surface area contributed by atoms with Gasteiger partial charge in [-0.15, -0.1) is 0 Å². The third-order valence-electron chi connectivity index (χ3n) is 3.29. The summed E-state index contributed by atoms with van der Waals surface area (Å²) in [6, 6.07) is 7.82. The summed E-state index contributed by atoms with van der Waals surface area (Å²) in [4.78, 5) is 13.9. The fraction of sp³-hybridized carbons (Fsp3) is 0.267. The minimum atomic E-state index is -0.0995. The molecule has 1 unspecified atom stereocenters. The zero-order chi connectivity index (χ0) is 15.4. The van der Waals surface area contributed by atoms with E-state index in [0.717, 1.165) is 28.2 Å². The molecule has 0 radical (unpaired) electrons. The maximum Gasteiger partial charge on any atom is 0.222 e. The summed E-state index contributed by atoms with van der Waals surface area (Å²) < 4.78 is 0.808. The summed E-state index contributed by atoms with van der Waals surface area (Å²) in [5, 5.41) is 7.81. The maximum absolute atomic E-state index is 5.86. The largest absolute Gasteiger partial charge is 0.386 e. The van der Waals surface area contributed by atoms with E-state index in [1.54, 1.807) is 12.4 Å². The molecule has 1 aliphatic heterocycles. The molecule has 5 nitrogen and oxygen atoms in total. The predicted molar refractivity (Wildman–Crippen MR) is 90.5 cm³/mol. The number of anilines is 1. The highest BCUT2D eigenvalue weighted by atomic mass is 79.9. The Hall–Kier alpha value is -1.66. The van der Waals surface area contributed by atoms with Crippen molar-refractivity contribution >= 4 is 38.1 Å². The van der Waals surface area contributed by atoms with Crippen LogP contribution in [0.2, 0.25) is 5.02 Å². The Kier molecular flexibility index (Phi) is 4.90. The Morgan fingerprint density at radius 2 is 1.95 bits per heavy atom. The van der Waals surface area contributed by atoms with Gasteiger partial charge in [-0.1, -0.05) is 28.9 Å². The molecule has 0 fully saturated rings. The van der Waals surface area contributed by atoms with Gasteiger partial charge in [0.05, 0.1) is 0 Å². The first kappa shape index (κ1) is 15.2. The lowest BCUT2D eigenvalue weighted by atomic mass is 10.1. The average molecular weight is 382 g/mol. The van der Waals surface area contributed by atoms with Crippen molar-refractivity contribution in [2.75, 3.05) is 11.9 Å². The van der Waals surface area contributed by atoms with Gasteiger partial charge in [-0.2, -0.15) is 0 Å². The molecule has 2 heterocycles. The van der Waals surface area contributed by atoms with Crippen LogP contribution >= 0.6 is 27.5 Å². The highest BCUT2D eigenvalue weighted by Crippen LogP contribution is 2.28. The number of rotatable bonds is 5. The molecular weight excluding hydrogens is 368 g/mol. The van der Waals surface area contributed by atoms with Gasteiger partial charge in [0.2, 0.25) is 5.95 Å². The number of oxime groups is 1. The Bertz CT molecular complexity index is 660. The van der Waals surface area contributed by atoms with E-state index in [-0.39, 0.29) is 6.10 Å². The molecule has 0 spiro atoms. The predicted octanol–water partition coefficient (Wildman–Crippen LogP) is 3.95. The van der Waals surface area contributed by atoms with Crippen molar-refractivity contribution in [3.05, 3.63) is 52.8 Å². The summed E-state index contributed by atoms with van der Waals surface area (Å²) in [6.45, 7) is 0.759. The molecule has 0 saturated heterocycles. The summed E-state index contributed by atoms with van der Waals surface area (Å²) in [6.07, 6.45) is 5.03. The second kappa shape index (κ2) is 7.07. The topological polar surface area (TPSA) is 59.4 Å². The first-order valence-electron chi connectivity index (χ1n) is 6.89. The highest BCUT2D eigenvalue weighted by Gasteiger charge is 2.21. The van der Waals surface area contributed by atoms with Crippen LogP contribution in [0.4, 0.5) is 5.95 Å². The lowest BCUT2D eigenvalue weighted by Crippen LogP contribution is -2.08. The Balaban J connectivity index is 1.50. The number of nitrogens with one attached hydrogen (secondary N) is 1. The quantitative estimate of drug-likeness (QED) is 0.852. The lowest BCUT2D eigenvalue weighted by molar-refractivity contribution is 0.0853. The number of hydrogen-bond acceptors (Lipinski definition) is 5. The average Bonchev–Trinajstić information content (AvgIpc) is 2.97. The van der Waals surface area contributed by atoms with Crippen molar-refractivity contribution in [3.8, 4) is 0 Å². The number of halogens is 2. The molecule has 0 saturated carbocycles. The molecule has 1 aromatic heterocycles. The fourth-order valence-corrected chi connectivity index (χ4v) is 2.60. The van der Waals surface area contributed by atoms with Crippen LogP contribution < -0.4 is 5.32 Å². The number of nitrogens with zero attached hydrogens (tertiary/aromatic N) is 3. The molecule has 22 heavy (non-hydrogen) atoms. The first-order valence-corrected chi connectivity index (χ1v) is 8.06. The van der Waals surface area contributed by atoms with Crippen LogP contribution in [0.15, 0.2) is 41.8 Å². The van der Waals surface area contributed by atoms with Gasteiger partial charge in [0.1, 0.15) is 4.62 Å². The molecule has 0 bridgehead atoms. The Morgan fingerprint density at radius 3 is 2.59 bits per heavy atom. The second-order valence-corrected chi connectivity index (χ2v) is 6.26. The van der Waals surface area contributed by atoms with E-state index in [4.69, 9.17) is 16.4 Å². The highest BCUT2D eigenvalue weighted by molar-refractivity contribution is 9.18. The SMILES string of the molecule is Clc1ccc(CCNc2ncc(C3CC(Br)=NO3)cn2)cc1. The van der Waals surface area contributed by atoms with E-state index in [1.165, 1.54) is 5.56 Å². The van der Waals surface area contributed by atoms with Gasteiger partial charge >= 0.3 is 0 Å². The Morgan fingerprint density at radius 1 is 1.23 bits per heavy atom. The van der Waals surface area contributed by atoms with Crippen LogP contribution in [0, 0.1) is 0 Å². The molecular formula is C15H14BrClN4O. The van der Waals surface area contributed by atoms with E-state index in [9.17, 15) is 0 Å². The van der Waals surface area contributed by atoms with Crippen LogP contribution in [-0.2, 0) is 11.3 Å². The number of hydrogen-bond donors (Lipinski definition) is 1. The van der Waals surface area contributed by atoms with Crippen molar-refractivity contribution in [3.63, 3.8) is 0 Å².